The van der Waals surface area contributed by atoms with Crippen LogP contribution in [-0.2, 0) is 16.0 Å². The Morgan fingerprint density at radius 1 is 1.11 bits per heavy atom. The second-order valence-electron chi connectivity index (χ2n) is 9.69. The van der Waals surface area contributed by atoms with Gasteiger partial charge in [0.25, 0.3) is 0 Å². The van der Waals surface area contributed by atoms with Gasteiger partial charge in [-0.05, 0) is 73.8 Å². The fraction of sp³-hybridized carbons (Fsp3) is 0.517. The molecule has 2 amide bonds. The molecule has 0 spiro atoms. The number of nitrogens with one attached hydrogen (secondary N) is 1. The number of amides is 2. The number of benzene rings is 2. The molecule has 0 saturated heterocycles. The highest BCUT2D eigenvalue weighted by atomic mass is 35.5. The maximum absolute atomic E-state index is 13.8. The lowest BCUT2D eigenvalue weighted by Crippen LogP contribution is -2.48. The van der Waals surface area contributed by atoms with Gasteiger partial charge in [-0.3, -0.25) is 9.59 Å². The molecule has 8 heteroatoms. The van der Waals surface area contributed by atoms with Crippen molar-refractivity contribution in [1.82, 2.24) is 10.2 Å². The van der Waals surface area contributed by atoms with Crippen molar-refractivity contribution in [2.45, 2.75) is 64.5 Å². The van der Waals surface area contributed by atoms with Gasteiger partial charge in [0.15, 0.2) is 11.5 Å². The molecule has 0 aliphatic heterocycles. The number of ether oxygens (including phenoxy) is 2. The Balaban J connectivity index is 1.95. The lowest BCUT2D eigenvalue weighted by atomic mass is 9.87. The lowest BCUT2D eigenvalue weighted by molar-refractivity contribution is -0.139. The third kappa shape index (κ3) is 8.02. The molecule has 1 fully saturated rings. The van der Waals surface area contributed by atoms with E-state index in [9.17, 15) is 9.59 Å². The first-order valence-electron chi connectivity index (χ1n) is 13.1. The minimum Gasteiger partial charge on any atom is -0.493 e. The average Bonchev–Trinajstić information content (AvgIpc) is 2.91. The van der Waals surface area contributed by atoms with Crippen LogP contribution in [0.3, 0.4) is 0 Å². The Labute approximate surface area is 230 Å². The maximum atomic E-state index is 13.8. The zero-order chi connectivity index (χ0) is 26.8. The van der Waals surface area contributed by atoms with Gasteiger partial charge in [-0.15, -0.1) is 11.6 Å². The molecule has 6 nitrogen and oxygen atoms in total. The smallest absolute Gasteiger partial charge is 0.247 e. The summed E-state index contributed by atoms with van der Waals surface area (Å²) in [5.41, 5.74) is 1.54. The van der Waals surface area contributed by atoms with E-state index < -0.39 is 6.04 Å². The molecule has 1 saturated carbocycles. The Hall–Kier alpha value is -2.44. The standard InChI is InChI=1S/C29H38Cl2N2O4/c1-4-17-37-25-14-11-22(18-26(25)36-3)28(29(35)32-23-12-9-20(2)10-13-23)33(27(34)19-30)16-15-21-7-5-6-8-24(21)31/h5-8,11,14,18,20,23,28H,4,9-10,12-13,15-17,19H2,1-3H3,(H,32,35)/t20?,23?,28-/m1/s1. The van der Waals surface area contributed by atoms with E-state index in [2.05, 4.69) is 12.2 Å². The highest BCUT2D eigenvalue weighted by Crippen LogP contribution is 2.34. The van der Waals surface area contributed by atoms with Crippen LogP contribution in [0, 0.1) is 5.92 Å². The predicted octanol–water partition coefficient (Wildman–Crippen LogP) is 6.18. The molecule has 2 aromatic carbocycles. The monoisotopic (exact) mass is 548 g/mol. The van der Waals surface area contributed by atoms with Gasteiger partial charge in [0.1, 0.15) is 11.9 Å². The molecule has 1 aliphatic carbocycles. The third-order valence-electron chi connectivity index (χ3n) is 6.90. The van der Waals surface area contributed by atoms with E-state index in [0.29, 0.717) is 41.0 Å². The average molecular weight is 550 g/mol. The number of carbonyl (C=O) groups is 2. The number of rotatable bonds is 12. The summed E-state index contributed by atoms with van der Waals surface area (Å²) in [4.78, 5) is 28.6. The number of nitrogens with zero attached hydrogens (tertiary/aromatic N) is 1. The van der Waals surface area contributed by atoms with Crippen LogP contribution in [0.25, 0.3) is 0 Å². The number of hydrogen-bond donors (Lipinski definition) is 1. The van der Waals surface area contributed by atoms with Crippen LogP contribution < -0.4 is 14.8 Å². The van der Waals surface area contributed by atoms with Crippen LogP contribution in [0.2, 0.25) is 5.02 Å². The van der Waals surface area contributed by atoms with Crippen LogP contribution in [0.4, 0.5) is 0 Å². The van der Waals surface area contributed by atoms with E-state index in [0.717, 1.165) is 37.7 Å². The Morgan fingerprint density at radius 2 is 1.84 bits per heavy atom. The summed E-state index contributed by atoms with van der Waals surface area (Å²) in [6.07, 6.45) is 5.34. The largest absolute Gasteiger partial charge is 0.493 e. The van der Waals surface area contributed by atoms with Crippen LogP contribution >= 0.6 is 23.2 Å². The highest BCUT2D eigenvalue weighted by molar-refractivity contribution is 6.31. The molecule has 2 aromatic rings. The van der Waals surface area contributed by atoms with Crippen molar-refractivity contribution in [3.05, 3.63) is 58.6 Å². The van der Waals surface area contributed by atoms with Gasteiger partial charge in [0.05, 0.1) is 13.7 Å². The van der Waals surface area contributed by atoms with Crippen molar-refractivity contribution in [2.75, 3.05) is 26.1 Å². The summed E-state index contributed by atoms with van der Waals surface area (Å²) in [5.74, 6) is 0.994. The molecule has 1 atom stereocenters. The SMILES string of the molecule is CCCOc1ccc([C@H](C(=O)NC2CCC(C)CC2)N(CCc2ccccc2Cl)C(=O)CCl)cc1OC. The van der Waals surface area contributed by atoms with Gasteiger partial charge in [0, 0.05) is 17.6 Å². The number of halogens is 2. The zero-order valence-electron chi connectivity index (χ0n) is 22.0. The fourth-order valence-electron chi connectivity index (χ4n) is 4.76. The minimum absolute atomic E-state index is 0.0803. The molecule has 0 radical (unpaired) electrons. The van der Waals surface area contributed by atoms with E-state index in [-0.39, 0.29) is 30.3 Å². The van der Waals surface area contributed by atoms with E-state index in [4.69, 9.17) is 32.7 Å². The summed E-state index contributed by atoms with van der Waals surface area (Å²) in [7, 11) is 1.56. The summed E-state index contributed by atoms with van der Waals surface area (Å²) < 4.78 is 11.4. The van der Waals surface area contributed by atoms with Crippen LogP contribution in [0.15, 0.2) is 42.5 Å². The fourth-order valence-corrected chi connectivity index (χ4v) is 5.14. The van der Waals surface area contributed by atoms with Crippen LogP contribution in [0.5, 0.6) is 11.5 Å². The quantitative estimate of drug-likeness (QED) is 0.321. The Bertz CT molecular complexity index is 1040. The second-order valence-corrected chi connectivity index (χ2v) is 10.4. The van der Waals surface area contributed by atoms with Gasteiger partial charge in [-0.1, -0.05) is 49.7 Å². The molecule has 0 heterocycles. The Morgan fingerprint density at radius 3 is 2.49 bits per heavy atom. The van der Waals surface area contributed by atoms with E-state index in [1.807, 2.05) is 37.3 Å². The van der Waals surface area contributed by atoms with E-state index in [1.54, 1.807) is 24.1 Å². The molecule has 37 heavy (non-hydrogen) atoms. The first kappa shape index (κ1) is 29.1. The first-order chi connectivity index (χ1) is 17.9. The highest BCUT2D eigenvalue weighted by Gasteiger charge is 2.33. The van der Waals surface area contributed by atoms with Gasteiger partial charge in [-0.25, -0.2) is 0 Å². The molecule has 3 rings (SSSR count). The normalized spacial score (nSPS) is 18.1. The zero-order valence-corrected chi connectivity index (χ0v) is 23.5. The van der Waals surface area contributed by atoms with Crippen molar-refractivity contribution in [3.8, 4) is 11.5 Å². The van der Waals surface area contributed by atoms with E-state index in [1.165, 1.54) is 0 Å². The second kappa shape index (κ2) is 14.5. The molecule has 0 bridgehead atoms. The maximum Gasteiger partial charge on any atom is 0.247 e. The summed E-state index contributed by atoms with van der Waals surface area (Å²) in [6.45, 7) is 5.10. The molecule has 0 aromatic heterocycles. The number of carbonyl (C=O) groups excluding carboxylic acids is 2. The van der Waals surface area contributed by atoms with Crippen molar-refractivity contribution < 1.29 is 19.1 Å². The van der Waals surface area contributed by atoms with Crippen molar-refractivity contribution >= 4 is 35.0 Å². The third-order valence-corrected chi connectivity index (χ3v) is 7.50. The summed E-state index contributed by atoms with van der Waals surface area (Å²) in [5, 5.41) is 3.84. The van der Waals surface area contributed by atoms with Crippen LogP contribution in [0.1, 0.15) is 63.1 Å². The van der Waals surface area contributed by atoms with Crippen LogP contribution in [-0.4, -0.2) is 48.9 Å². The Kier molecular flexibility index (Phi) is 11.4. The molecule has 202 valence electrons. The molecular formula is C29H38Cl2N2O4. The topological polar surface area (TPSA) is 67.9 Å². The lowest BCUT2D eigenvalue weighted by Gasteiger charge is -2.34. The van der Waals surface area contributed by atoms with Crippen molar-refractivity contribution in [1.29, 1.82) is 0 Å². The van der Waals surface area contributed by atoms with Gasteiger partial charge in [0.2, 0.25) is 11.8 Å². The molecule has 1 N–H and O–H groups in total. The van der Waals surface area contributed by atoms with E-state index >= 15 is 0 Å². The first-order valence-corrected chi connectivity index (χ1v) is 14.0. The number of methoxy groups -OCH3 is 1. The molecular weight excluding hydrogens is 511 g/mol. The van der Waals surface area contributed by atoms with Crippen molar-refractivity contribution in [2.24, 2.45) is 5.92 Å². The minimum atomic E-state index is -0.873. The van der Waals surface area contributed by atoms with Gasteiger partial charge in [-0.2, -0.15) is 0 Å². The summed E-state index contributed by atoms with van der Waals surface area (Å²) in [6, 6.07) is 12.1. The van der Waals surface area contributed by atoms with Gasteiger partial charge >= 0.3 is 0 Å². The van der Waals surface area contributed by atoms with Gasteiger partial charge < -0.3 is 19.7 Å². The number of hydrogen-bond acceptors (Lipinski definition) is 4. The predicted molar refractivity (Wildman–Crippen MR) is 149 cm³/mol. The number of alkyl halides is 1. The summed E-state index contributed by atoms with van der Waals surface area (Å²) >= 11 is 12.4. The van der Waals surface area contributed by atoms with Crippen molar-refractivity contribution in [3.63, 3.8) is 0 Å². The molecule has 0 unspecified atom stereocenters. The molecule has 1 aliphatic rings.